The first-order chi connectivity index (χ1) is 15.2. The number of nitrogens with zero attached hydrogens (tertiary/aromatic N) is 3. The van der Waals surface area contributed by atoms with Crippen molar-refractivity contribution in [3.05, 3.63) is 59.4 Å². The van der Waals surface area contributed by atoms with E-state index in [9.17, 15) is 13.2 Å². The summed E-state index contributed by atoms with van der Waals surface area (Å²) >= 11 is 6.08. The number of rotatable bonds is 6. The highest BCUT2D eigenvalue weighted by atomic mass is 35.5. The fourth-order valence-corrected chi connectivity index (χ4v) is 4.56. The Balaban J connectivity index is 1.52. The van der Waals surface area contributed by atoms with Gasteiger partial charge in [-0.1, -0.05) is 11.6 Å². The number of carbonyl (C=O) groups excluding carboxylic acids is 1. The van der Waals surface area contributed by atoms with E-state index >= 15 is 0 Å². The van der Waals surface area contributed by atoms with Gasteiger partial charge in [0, 0.05) is 37.0 Å². The van der Waals surface area contributed by atoms with Crippen molar-refractivity contribution in [1.29, 1.82) is 0 Å². The lowest BCUT2D eigenvalue weighted by Gasteiger charge is -2.17. The molecule has 1 aromatic carbocycles. The number of halogens is 1. The third-order valence-corrected chi connectivity index (χ3v) is 6.03. The SMILES string of the molecule is Cn1cc(C(=O)Nc2cc(Cl)cc(NS(C)(=O)=O)c2)cc1-c1ccc(N2CCCC2)cn1. The number of pyridine rings is 1. The second kappa shape index (κ2) is 8.84. The zero-order valence-electron chi connectivity index (χ0n) is 17.8. The van der Waals surface area contributed by atoms with Crippen LogP contribution < -0.4 is 14.9 Å². The molecule has 10 heteroatoms. The van der Waals surface area contributed by atoms with Crippen molar-refractivity contribution >= 4 is 44.6 Å². The van der Waals surface area contributed by atoms with Gasteiger partial charge in [-0.05, 0) is 49.2 Å². The molecule has 3 aromatic rings. The highest BCUT2D eigenvalue weighted by Gasteiger charge is 2.16. The van der Waals surface area contributed by atoms with Crippen molar-refractivity contribution in [3.63, 3.8) is 0 Å². The number of amides is 1. The minimum atomic E-state index is -3.47. The Morgan fingerprint density at radius 2 is 1.81 bits per heavy atom. The normalized spacial score (nSPS) is 13.9. The standard InChI is InChI=1S/C22H24ClN5O3S/c1-27-14-15(9-21(27)20-6-5-19(13-24-20)28-7-3-4-8-28)22(29)25-17-10-16(23)11-18(12-17)26-32(2,30)31/h5-6,9-14,26H,3-4,7-8H2,1-2H3,(H,25,29). The maximum atomic E-state index is 12.8. The molecule has 2 aromatic heterocycles. The van der Waals surface area contributed by atoms with E-state index < -0.39 is 10.0 Å². The molecule has 32 heavy (non-hydrogen) atoms. The Labute approximate surface area is 192 Å². The van der Waals surface area contributed by atoms with E-state index in [1.807, 2.05) is 23.9 Å². The van der Waals surface area contributed by atoms with Crippen LogP contribution in [0.4, 0.5) is 17.1 Å². The number of sulfonamides is 1. The second-order valence-corrected chi connectivity index (χ2v) is 10.1. The largest absolute Gasteiger partial charge is 0.370 e. The molecule has 1 fully saturated rings. The van der Waals surface area contributed by atoms with Gasteiger partial charge in [-0.2, -0.15) is 0 Å². The van der Waals surface area contributed by atoms with Crippen LogP contribution in [0.2, 0.25) is 5.02 Å². The first kappa shape index (κ1) is 22.2. The Hall–Kier alpha value is -3.04. The van der Waals surface area contributed by atoms with Crippen molar-refractivity contribution in [2.45, 2.75) is 12.8 Å². The summed E-state index contributed by atoms with van der Waals surface area (Å²) in [5.41, 5.74) is 3.80. The van der Waals surface area contributed by atoms with Gasteiger partial charge < -0.3 is 14.8 Å². The predicted octanol–water partition coefficient (Wildman–Crippen LogP) is 3.96. The summed E-state index contributed by atoms with van der Waals surface area (Å²) in [4.78, 5) is 19.7. The molecule has 0 saturated carbocycles. The monoisotopic (exact) mass is 473 g/mol. The van der Waals surface area contributed by atoms with Crippen LogP contribution in [-0.2, 0) is 17.1 Å². The molecule has 8 nitrogen and oxygen atoms in total. The van der Waals surface area contributed by atoms with E-state index in [1.54, 1.807) is 18.3 Å². The summed E-state index contributed by atoms with van der Waals surface area (Å²) in [5, 5.41) is 3.06. The van der Waals surface area contributed by atoms with E-state index in [1.165, 1.54) is 25.0 Å². The van der Waals surface area contributed by atoms with E-state index in [0.29, 0.717) is 16.3 Å². The zero-order valence-corrected chi connectivity index (χ0v) is 19.4. The highest BCUT2D eigenvalue weighted by molar-refractivity contribution is 7.92. The molecule has 0 radical (unpaired) electrons. The van der Waals surface area contributed by atoms with E-state index in [4.69, 9.17) is 11.6 Å². The summed E-state index contributed by atoms with van der Waals surface area (Å²) < 4.78 is 27.2. The second-order valence-electron chi connectivity index (χ2n) is 7.88. The Morgan fingerprint density at radius 1 is 1.09 bits per heavy atom. The third kappa shape index (κ3) is 5.23. The van der Waals surface area contributed by atoms with Gasteiger partial charge in [0.05, 0.1) is 40.8 Å². The van der Waals surface area contributed by atoms with Crippen molar-refractivity contribution in [2.75, 3.05) is 34.3 Å². The van der Waals surface area contributed by atoms with Crippen molar-refractivity contribution in [2.24, 2.45) is 7.05 Å². The van der Waals surface area contributed by atoms with Gasteiger partial charge in [-0.3, -0.25) is 14.5 Å². The quantitative estimate of drug-likeness (QED) is 0.564. The van der Waals surface area contributed by atoms with Crippen LogP contribution in [0.25, 0.3) is 11.4 Å². The molecule has 3 heterocycles. The molecule has 0 unspecified atom stereocenters. The van der Waals surface area contributed by atoms with Gasteiger partial charge in [0.1, 0.15) is 0 Å². The highest BCUT2D eigenvalue weighted by Crippen LogP contribution is 2.26. The first-order valence-corrected chi connectivity index (χ1v) is 12.4. The average Bonchev–Trinajstić information content (AvgIpc) is 3.36. The van der Waals surface area contributed by atoms with Crippen LogP contribution in [0, 0.1) is 0 Å². The van der Waals surface area contributed by atoms with Crippen molar-refractivity contribution in [3.8, 4) is 11.4 Å². The van der Waals surface area contributed by atoms with Crippen molar-refractivity contribution in [1.82, 2.24) is 9.55 Å². The van der Waals surface area contributed by atoms with Crippen LogP contribution >= 0.6 is 11.6 Å². The maximum Gasteiger partial charge on any atom is 0.257 e. The average molecular weight is 474 g/mol. The van der Waals surface area contributed by atoms with Gasteiger partial charge >= 0.3 is 0 Å². The van der Waals surface area contributed by atoms with Crippen molar-refractivity contribution < 1.29 is 13.2 Å². The Kier molecular flexibility index (Phi) is 6.12. The minimum absolute atomic E-state index is 0.270. The van der Waals surface area contributed by atoms with E-state index in [0.717, 1.165) is 36.4 Å². The lowest BCUT2D eigenvalue weighted by Crippen LogP contribution is -2.17. The number of hydrogen-bond acceptors (Lipinski definition) is 5. The molecule has 168 valence electrons. The fourth-order valence-electron chi connectivity index (χ4n) is 3.78. The van der Waals surface area contributed by atoms with Gasteiger partial charge in [-0.15, -0.1) is 0 Å². The molecule has 0 aliphatic carbocycles. The zero-order chi connectivity index (χ0) is 22.9. The molecule has 1 aliphatic rings. The molecule has 4 rings (SSSR count). The third-order valence-electron chi connectivity index (χ3n) is 5.21. The van der Waals surface area contributed by atoms with Crippen LogP contribution in [0.1, 0.15) is 23.2 Å². The predicted molar refractivity (Wildman–Crippen MR) is 128 cm³/mol. The Bertz CT molecular complexity index is 1250. The number of aromatic nitrogens is 2. The van der Waals surface area contributed by atoms with Gasteiger partial charge in [0.25, 0.3) is 5.91 Å². The first-order valence-electron chi connectivity index (χ1n) is 10.2. The molecule has 1 amide bonds. The van der Waals surface area contributed by atoms with E-state index in [2.05, 4.69) is 26.0 Å². The molecule has 0 spiro atoms. The molecule has 1 aliphatic heterocycles. The minimum Gasteiger partial charge on any atom is -0.370 e. The van der Waals surface area contributed by atoms with Gasteiger partial charge in [0.2, 0.25) is 10.0 Å². The topological polar surface area (TPSA) is 96.3 Å². The number of hydrogen-bond donors (Lipinski definition) is 2. The number of anilines is 3. The van der Waals surface area contributed by atoms with Crippen LogP contribution in [0.5, 0.6) is 0 Å². The molecular weight excluding hydrogens is 450 g/mol. The lowest BCUT2D eigenvalue weighted by atomic mass is 10.2. The fraction of sp³-hybridized carbons (Fsp3) is 0.273. The maximum absolute atomic E-state index is 12.8. The Morgan fingerprint density at radius 3 is 2.47 bits per heavy atom. The molecule has 0 atom stereocenters. The summed E-state index contributed by atoms with van der Waals surface area (Å²) in [6.45, 7) is 2.11. The molecule has 1 saturated heterocycles. The summed E-state index contributed by atoms with van der Waals surface area (Å²) in [5.74, 6) is -0.340. The lowest BCUT2D eigenvalue weighted by molar-refractivity contribution is 0.102. The van der Waals surface area contributed by atoms with Crippen LogP contribution in [0.15, 0.2) is 48.8 Å². The number of benzene rings is 1. The molecule has 0 bridgehead atoms. The summed E-state index contributed by atoms with van der Waals surface area (Å²) in [7, 11) is -1.61. The van der Waals surface area contributed by atoms with Gasteiger partial charge in [-0.25, -0.2) is 8.42 Å². The smallest absolute Gasteiger partial charge is 0.257 e. The van der Waals surface area contributed by atoms with Crippen LogP contribution in [-0.4, -0.2) is 43.2 Å². The number of nitrogens with one attached hydrogen (secondary N) is 2. The molecular formula is C22H24ClN5O3S. The van der Waals surface area contributed by atoms with Crippen LogP contribution in [0.3, 0.4) is 0 Å². The summed E-state index contributed by atoms with van der Waals surface area (Å²) in [6, 6.07) is 10.3. The number of carbonyl (C=O) groups is 1. The summed E-state index contributed by atoms with van der Waals surface area (Å²) in [6.07, 6.45) is 7.05. The van der Waals surface area contributed by atoms with Gasteiger partial charge in [0.15, 0.2) is 0 Å². The molecule has 2 N–H and O–H groups in total. The van der Waals surface area contributed by atoms with E-state index in [-0.39, 0.29) is 11.6 Å². The number of aryl methyl sites for hydroxylation is 1.